The molecule has 2 aromatic carbocycles. The molecule has 2 aromatic rings. The molecule has 2 rings (SSSR count). The molecule has 0 aliphatic rings. The quantitative estimate of drug-likeness (QED) is 0.515. The van der Waals surface area contributed by atoms with Gasteiger partial charge in [-0.25, -0.2) is 4.79 Å². The molecule has 0 saturated carbocycles. The number of carbonyl (C=O) groups excluding carboxylic acids is 1. The minimum Gasteiger partial charge on any atom is -0.422 e. The van der Waals surface area contributed by atoms with E-state index in [9.17, 15) is 4.79 Å². The summed E-state index contributed by atoms with van der Waals surface area (Å²) in [5.41, 5.74) is 3.82. The second-order valence-electron chi connectivity index (χ2n) is 8.43. The molecule has 0 amide bonds. The third kappa shape index (κ3) is 4.05. The van der Waals surface area contributed by atoms with Gasteiger partial charge in [-0.1, -0.05) is 71.9 Å². The van der Waals surface area contributed by atoms with Crippen molar-refractivity contribution in [2.24, 2.45) is 0 Å². The summed E-state index contributed by atoms with van der Waals surface area (Å²) in [5.74, 6) is 0.372. The molecule has 2 heteroatoms. The first-order valence-electron chi connectivity index (χ1n) is 8.43. The third-order valence-corrected chi connectivity index (χ3v) is 4.15. The number of rotatable bonds is 2. The van der Waals surface area contributed by atoms with Crippen LogP contribution in [0.25, 0.3) is 0 Å². The first-order valence-corrected chi connectivity index (χ1v) is 8.43. The molecule has 24 heavy (non-hydrogen) atoms. The Hall–Kier alpha value is -2.09. The van der Waals surface area contributed by atoms with E-state index in [-0.39, 0.29) is 16.8 Å². The Balaban J connectivity index is 2.51. The highest BCUT2D eigenvalue weighted by Crippen LogP contribution is 2.38. The number of ether oxygens (including phenoxy) is 1. The van der Waals surface area contributed by atoms with Gasteiger partial charge in [0.1, 0.15) is 5.75 Å². The zero-order chi connectivity index (χ0) is 18.1. The summed E-state index contributed by atoms with van der Waals surface area (Å²) in [6, 6.07) is 13.4. The fourth-order valence-electron chi connectivity index (χ4n) is 2.63. The number of carbonyl (C=O) groups is 1. The van der Waals surface area contributed by atoms with Gasteiger partial charge in [-0.2, -0.15) is 0 Å². The van der Waals surface area contributed by atoms with Crippen LogP contribution in [0.4, 0.5) is 0 Å². The van der Waals surface area contributed by atoms with Crippen LogP contribution in [-0.2, 0) is 10.8 Å². The molecule has 0 heterocycles. The minimum absolute atomic E-state index is 0.0483. The van der Waals surface area contributed by atoms with E-state index in [0.717, 1.165) is 11.1 Å². The lowest BCUT2D eigenvalue weighted by Crippen LogP contribution is -2.20. The number of benzene rings is 2. The van der Waals surface area contributed by atoms with Crippen molar-refractivity contribution in [2.75, 3.05) is 0 Å². The number of esters is 1. The second-order valence-corrected chi connectivity index (χ2v) is 8.43. The molecule has 0 N–H and O–H groups in total. The van der Waals surface area contributed by atoms with Crippen LogP contribution in [0.15, 0.2) is 42.5 Å². The van der Waals surface area contributed by atoms with E-state index in [1.54, 1.807) is 12.1 Å². The first-order chi connectivity index (χ1) is 11.0. The lowest BCUT2D eigenvalue weighted by molar-refractivity contribution is 0.0730. The van der Waals surface area contributed by atoms with Crippen LogP contribution < -0.4 is 4.74 Å². The van der Waals surface area contributed by atoms with Gasteiger partial charge >= 0.3 is 5.97 Å². The molecular weight excluding hydrogens is 296 g/mol. The van der Waals surface area contributed by atoms with Crippen LogP contribution in [0.5, 0.6) is 5.75 Å². The zero-order valence-corrected chi connectivity index (χ0v) is 15.9. The van der Waals surface area contributed by atoms with Crippen LogP contribution in [0, 0.1) is 6.92 Å². The SMILES string of the molecule is Cc1cc(C(C)(C)C)cc(C(C)(C)C)c1OC(=O)c1ccccc1. The van der Waals surface area contributed by atoms with E-state index >= 15 is 0 Å². The zero-order valence-electron chi connectivity index (χ0n) is 15.9. The van der Waals surface area contributed by atoms with Gasteiger partial charge in [0.05, 0.1) is 5.56 Å². The highest BCUT2D eigenvalue weighted by Gasteiger charge is 2.26. The van der Waals surface area contributed by atoms with Crippen molar-refractivity contribution in [2.45, 2.75) is 59.3 Å². The smallest absolute Gasteiger partial charge is 0.343 e. The van der Waals surface area contributed by atoms with E-state index in [4.69, 9.17) is 4.74 Å². The maximum absolute atomic E-state index is 12.5. The Morgan fingerprint density at radius 1 is 0.875 bits per heavy atom. The van der Waals surface area contributed by atoms with Gasteiger partial charge in [-0.15, -0.1) is 0 Å². The van der Waals surface area contributed by atoms with Crippen molar-refractivity contribution in [1.82, 2.24) is 0 Å². The van der Waals surface area contributed by atoms with Gasteiger partial charge < -0.3 is 4.74 Å². The Kier molecular flexibility index (Phi) is 4.89. The molecule has 0 saturated heterocycles. The minimum atomic E-state index is -0.312. The average Bonchev–Trinajstić information content (AvgIpc) is 2.47. The maximum atomic E-state index is 12.5. The molecule has 2 nitrogen and oxygen atoms in total. The van der Waals surface area contributed by atoms with Gasteiger partial charge in [0.15, 0.2) is 0 Å². The second kappa shape index (κ2) is 6.43. The van der Waals surface area contributed by atoms with Crippen molar-refractivity contribution >= 4 is 5.97 Å². The van der Waals surface area contributed by atoms with Crippen LogP contribution in [0.2, 0.25) is 0 Å². The van der Waals surface area contributed by atoms with Crippen LogP contribution in [0.1, 0.15) is 68.6 Å². The van der Waals surface area contributed by atoms with E-state index in [2.05, 4.69) is 53.7 Å². The summed E-state index contributed by atoms with van der Waals surface area (Å²) in [6.45, 7) is 15.0. The van der Waals surface area contributed by atoms with Gasteiger partial charge in [0.2, 0.25) is 0 Å². The van der Waals surface area contributed by atoms with E-state index < -0.39 is 0 Å². The average molecular weight is 324 g/mol. The predicted octanol–water partition coefficient (Wildman–Crippen LogP) is 5.81. The summed E-state index contributed by atoms with van der Waals surface area (Å²) >= 11 is 0. The van der Waals surface area contributed by atoms with Crippen LogP contribution >= 0.6 is 0 Å². The topological polar surface area (TPSA) is 26.3 Å². The predicted molar refractivity (Wildman–Crippen MR) is 100.0 cm³/mol. The highest BCUT2D eigenvalue weighted by atomic mass is 16.5. The molecule has 0 aromatic heterocycles. The van der Waals surface area contributed by atoms with Crippen molar-refractivity contribution in [3.63, 3.8) is 0 Å². The van der Waals surface area contributed by atoms with Gasteiger partial charge in [-0.05, 0) is 41.0 Å². The summed E-state index contributed by atoms with van der Waals surface area (Å²) in [6.07, 6.45) is 0. The van der Waals surface area contributed by atoms with E-state index in [0.29, 0.717) is 11.3 Å². The Bertz CT molecular complexity index is 729. The van der Waals surface area contributed by atoms with Gasteiger partial charge in [-0.3, -0.25) is 0 Å². The third-order valence-electron chi connectivity index (χ3n) is 4.15. The van der Waals surface area contributed by atoms with E-state index in [1.807, 2.05) is 25.1 Å². The molecule has 0 aliphatic carbocycles. The normalized spacial score (nSPS) is 12.1. The van der Waals surface area contributed by atoms with Crippen LogP contribution in [-0.4, -0.2) is 5.97 Å². The fraction of sp³-hybridized carbons (Fsp3) is 0.409. The molecule has 0 unspecified atom stereocenters. The first kappa shape index (κ1) is 18.3. The molecule has 0 fully saturated rings. The number of hydrogen-bond acceptors (Lipinski definition) is 2. The Morgan fingerprint density at radius 3 is 1.96 bits per heavy atom. The molecule has 0 spiro atoms. The lowest BCUT2D eigenvalue weighted by Gasteiger charge is -2.28. The number of hydrogen-bond donors (Lipinski definition) is 0. The summed E-state index contributed by atoms with van der Waals surface area (Å²) in [4.78, 5) is 12.5. The summed E-state index contributed by atoms with van der Waals surface area (Å²) in [5, 5.41) is 0. The molecular formula is C22H28O2. The lowest BCUT2D eigenvalue weighted by atomic mass is 9.79. The maximum Gasteiger partial charge on any atom is 0.343 e. The highest BCUT2D eigenvalue weighted by molar-refractivity contribution is 5.91. The molecule has 0 bridgehead atoms. The fourth-order valence-corrected chi connectivity index (χ4v) is 2.63. The van der Waals surface area contributed by atoms with Crippen molar-refractivity contribution in [1.29, 1.82) is 0 Å². The van der Waals surface area contributed by atoms with Crippen molar-refractivity contribution in [3.8, 4) is 5.75 Å². The molecule has 0 atom stereocenters. The monoisotopic (exact) mass is 324 g/mol. The molecule has 0 aliphatic heterocycles. The number of aryl methyl sites for hydroxylation is 1. The molecule has 0 radical (unpaired) electrons. The van der Waals surface area contributed by atoms with Gasteiger partial charge in [0, 0.05) is 5.56 Å². The van der Waals surface area contributed by atoms with Crippen molar-refractivity contribution < 1.29 is 9.53 Å². The van der Waals surface area contributed by atoms with Gasteiger partial charge in [0.25, 0.3) is 0 Å². The van der Waals surface area contributed by atoms with Crippen LogP contribution in [0.3, 0.4) is 0 Å². The summed E-state index contributed by atoms with van der Waals surface area (Å²) < 4.78 is 5.82. The standard InChI is InChI=1S/C22H28O2/c1-15-13-17(21(2,3)4)14-18(22(5,6)7)19(15)24-20(23)16-11-9-8-10-12-16/h8-14H,1-7H3. The Morgan fingerprint density at radius 2 is 1.46 bits per heavy atom. The van der Waals surface area contributed by atoms with E-state index in [1.165, 1.54) is 5.56 Å². The Labute approximate surface area is 145 Å². The van der Waals surface area contributed by atoms with Crippen molar-refractivity contribution in [3.05, 3.63) is 64.7 Å². The molecule has 128 valence electrons. The summed E-state index contributed by atoms with van der Waals surface area (Å²) in [7, 11) is 0. The largest absolute Gasteiger partial charge is 0.422 e.